The van der Waals surface area contributed by atoms with Crippen molar-refractivity contribution in [1.82, 2.24) is 4.90 Å². The summed E-state index contributed by atoms with van der Waals surface area (Å²) in [5.74, 6) is 0.414. The Hall–Kier alpha value is -0.730. The van der Waals surface area contributed by atoms with Gasteiger partial charge in [0.2, 0.25) is 0 Å². The van der Waals surface area contributed by atoms with Gasteiger partial charge in [0.25, 0.3) is 0 Å². The van der Waals surface area contributed by atoms with E-state index in [1.54, 1.807) is 0 Å². The van der Waals surface area contributed by atoms with Gasteiger partial charge in [-0.3, -0.25) is 0 Å². The summed E-state index contributed by atoms with van der Waals surface area (Å²) in [6.45, 7) is 7.78. The highest BCUT2D eigenvalue weighted by Gasteiger charge is 2.27. The monoisotopic (exact) mass is 255 g/mol. The number of nitrogens with zero attached hydrogens (tertiary/aromatic N) is 1. The molecule has 0 saturated carbocycles. The first-order chi connectivity index (χ1) is 8.65. The van der Waals surface area contributed by atoms with Gasteiger partial charge in [-0.15, -0.1) is 0 Å². The molecule has 0 aromatic carbocycles. The topological polar surface area (TPSA) is 29.5 Å². The summed E-state index contributed by atoms with van der Waals surface area (Å²) in [5.41, 5.74) is 0. The molecule has 1 saturated heterocycles. The number of ether oxygens (including phenoxy) is 1. The lowest BCUT2D eigenvalue weighted by Crippen LogP contribution is -2.44. The van der Waals surface area contributed by atoms with E-state index in [9.17, 15) is 4.79 Å². The van der Waals surface area contributed by atoms with Crippen LogP contribution >= 0.6 is 0 Å². The Labute approximate surface area is 112 Å². The highest BCUT2D eigenvalue weighted by atomic mass is 16.6. The smallest absolute Gasteiger partial charge is 0.410 e. The number of unbranched alkanes of at least 4 members (excludes halogenated alkanes) is 2. The average molecular weight is 255 g/mol. The van der Waals surface area contributed by atoms with Crippen LogP contribution in [0.4, 0.5) is 4.79 Å². The molecule has 3 heteroatoms. The van der Waals surface area contributed by atoms with E-state index >= 15 is 0 Å². The fourth-order valence-corrected chi connectivity index (χ4v) is 2.49. The summed E-state index contributed by atoms with van der Waals surface area (Å²) in [7, 11) is 0. The van der Waals surface area contributed by atoms with Crippen molar-refractivity contribution in [3.05, 3.63) is 0 Å². The molecule has 1 aliphatic heterocycles. The largest absolute Gasteiger partial charge is 0.449 e. The Morgan fingerprint density at radius 3 is 2.78 bits per heavy atom. The molecule has 0 spiro atoms. The van der Waals surface area contributed by atoms with Crippen molar-refractivity contribution in [1.29, 1.82) is 0 Å². The van der Waals surface area contributed by atoms with Gasteiger partial charge in [-0.25, -0.2) is 4.79 Å². The first kappa shape index (κ1) is 15.3. The Kier molecular flexibility index (Phi) is 7.14. The van der Waals surface area contributed by atoms with Crippen molar-refractivity contribution in [3.63, 3.8) is 0 Å². The predicted molar refractivity (Wildman–Crippen MR) is 74.7 cm³/mol. The van der Waals surface area contributed by atoms with Gasteiger partial charge in [-0.2, -0.15) is 0 Å². The van der Waals surface area contributed by atoms with Gasteiger partial charge in [0.1, 0.15) is 0 Å². The minimum Gasteiger partial charge on any atom is -0.449 e. The Balaban J connectivity index is 2.40. The maximum Gasteiger partial charge on any atom is 0.410 e. The highest BCUT2D eigenvalue weighted by molar-refractivity contribution is 5.68. The number of amides is 1. The summed E-state index contributed by atoms with van der Waals surface area (Å²) >= 11 is 0. The molecule has 0 unspecified atom stereocenters. The molecule has 1 rings (SSSR count). The molecule has 1 fully saturated rings. The minimum absolute atomic E-state index is 0.0927. The molecule has 1 amide bonds. The first-order valence-corrected chi connectivity index (χ1v) is 7.58. The van der Waals surface area contributed by atoms with E-state index in [0.717, 1.165) is 25.8 Å². The summed E-state index contributed by atoms with van der Waals surface area (Å²) in [4.78, 5) is 14.0. The van der Waals surface area contributed by atoms with E-state index in [0.29, 0.717) is 18.6 Å². The van der Waals surface area contributed by atoms with Gasteiger partial charge in [0, 0.05) is 12.6 Å². The van der Waals surface area contributed by atoms with Crippen LogP contribution in [0.25, 0.3) is 0 Å². The third-order valence-corrected chi connectivity index (χ3v) is 3.54. The summed E-state index contributed by atoms with van der Waals surface area (Å²) in [5, 5.41) is 0. The first-order valence-electron chi connectivity index (χ1n) is 7.58. The SMILES string of the molecule is CCCCC[C@H]1CCCCN1C(=O)OCC(C)C. The molecule has 3 nitrogen and oxygen atoms in total. The summed E-state index contributed by atoms with van der Waals surface area (Å²) in [6.07, 6.45) is 8.33. The van der Waals surface area contributed by atoms with Crippen LogP contribution in [-0.2, 0) is 4.74 Å². The highest BCUT2D eigenvalue weighted by Crippen LogP contribution is 2.22. The molecule has 1 aliphatic rings. The van der Waals surface area contributed by atoms with Crippen LogP contribution in [0.1, 0.15) is 65.7 Å². The normalized spacial score (nSPS) is 20.2. The number of hydrogen-bond acceptors (Lipinski definition) is 2. The van der Waals surface area contributed by atoms with Gasteiger partial charge >= 0.3 is 6.09 Å². The third kappa shape index (κ3) is 5.28. The number of carbonyl (C=O) groups is 1. The molecule has 0 aromatic heterocycles. The second-order valence-electron chi connectivity index (χ2n) is 5.81. The Morgan fingerprint density at radius 2 is 2.11 bits per heavy atom. The molecule has 0 bridgehead atoms. The molecule has 1 heterocycles. The fourth-order valence-electron chi connectivity index (χ4n) is 2.49. The Morgan fingerprint density at radius 1 is 1.33 bits per heavy atom. The van der Waals surface area contributed by atoms with Crippen LogP contribution in [0.2, 0.25) is 0 Å². The Bertz CT molecular complexity index is 241. The van der Waals surface area contributed by atoms with E-state index in [1.165, 1.54) is 25.7 Å². The third-order valence-electron chi connectivity index (χ3n) is 3.54. The van der Waals surface area contributed by atoms with Crippen LogP contribution in [0, 0.1) is 5.92 Å². The standard InChI is InChI=1S/C15H29NO2/c1-4-5-6-9-14-10-7-8-11-16(14)15(17)18-12-13(2)3/h13-14H,4-12H2,1-3H3/t14-/m0/s1. The average Bonchev–Trinajstić information content (AvgIpc) is 2.37. The molecule has 0 N–H and O–H groups in total. The van der Waals surface area contributed by atoms with Crippen LogP contribution in [0.5, 0.6) is 0 Å². The van der Waals surface area contributed by atoms with Crippen molar-refractivity contribution in [2.24, 2.45) is 5.92 Å². The van der Waals surface area contributed by atoms with Crippen molar-refractivity contribution in [2.75, 3.05) is 13.2 Å². The van der Waals surface area contributed by atoms with Gasteiger partial charge in [-0.1, -0.05) is 40.0 Å². The predicted octanol–water partition coefficient (Wildman–Crippen LogP) is 4.21. The van der Waals surface area contributed by atoms with Crippen LogP contribution < -0.4 is 0 Å². The summed E-state index contributed by atoms with van der Waals surface area (Å²) < 4.78 is 5.37. The van der Waals surface area contributed by atoms with Crippen LogP contribution in [-0.4, -0.2) is 30.2 Å². The van der Waals surface area contributed by atoms with Gasteiger partial charge in [-0.05, 0) is 31.6 Å². The zero-order valence-electron chi connectivity index (χ0n) is 12.3. The number of likely N-dealkylation sites (tertiary alicyclic amines) is 1. The zero-order chi connectivity index (χ0) is 13.4. The van der Waals surface area contributed by atoms with E-state index < -0.39 is 0 Å². The summed E-state index contributed by atoms with van der Waals surface area (Å²) in [6, 6.07) is 0.421. The zero-order valence-corrected chi connectivity index (χ0v) is 12.3. The van der Waals surface area contributed by atoms with Gasteiger partial charge in [0.15, 0.2) is 0 Å². The quantitative estimate of drug-likeness (QED) is 0.665. The van der Waals surface area contributed by atoms with E-state index in [1.807, 2.05) is 4.90 Å². The van der Waals surface area contributed by atoms with Gasteiger partial charge in [0.05, 0.1) is 6.61 Å². The number of piperidine rings is 1. The van der Waals surface area contributed by atoms with Crippen molar-refractivity contribution < 1.29 is 9.53 Å². The molecule has 0 aromatic rings. The fraction of sp³-hybridized carbons (Fsp3) is 0.933. The van der Waals surface area contributed by atoms with Crippen LogP contribution in [0.3, 0.4) is 0 Å². The molecule has 0 radical (unpaired) electrons. The maximum atomic E-state index is 12.0. The molecule has 18 heavy (non-hydrogen) atoms. The minimum atomic E-state index is -0.0927. The molecular formula is C15H29NO2. The van der Waals surface area contributed by atoms with Crippen LogP contribution in [0.15, 0.2) is 0 Å². The van der Waals surface area contributed by atoms with E-state index in [-0.39, 0.29) is 6.09 Å². The van der Waals surface area contributed by atoms with Crippen molar-refractivity contribution in [2.45, 2.75) is 71.8 Å². The molecule has 0 aliphatic carbocycles. The van der Waals surface area contributed by atoms with Crippen molar-refractivity contribution >= 4 is 6.09 Å². The second kappa shape index (κ2) is 8.39. The number of hydrogen-bond donors (Lipinski definition) is 0. The number of rotatable bonds is 6. The van der Waals surface area contributed by atoms with Gasteiger partial charge < -0.3 is 9.64 Å². The lowest BCUT2D eigenvalue weighted by atomic mass is 9.97. The molecule has 106 valence electrons. The van der Waals surface area contributed by atoms with E-state index in [4.69, 9.17) is 4.74 Å². The van der Waals surface area contributed by atoms with E-state index in [2.05, 4.69) is 20.8 Å². The second-order valence-corrected chi connectivity index (χ2v) is 5.81. The van der Waals surface area contributed by atoms with Crippen molar-refractivity contribution in [3.8, 4) is 0 Å². The number of carbonyl (C=O) groups excluding carboxylic acids is 1. The lowest BCUT2D eigenvalue weighted by Gasteiger charge is -2.35. The maximum absolute atomic E-state index is 12.0. The molecular weight excluding hydrogens is 226 g/mol. The lowest BCUT2D eigenvalue weighted by molar-refractivity contribution is 0.0629. The molecule has 1 atom stereocenters.